The van der Waals surface area contributed by atoms with Crippen molar-refractivity contribution in [2.75, 3.05) is 0 Å². The Morgan fingerprint density at radius 3 is 2.12 bits per heavy atom. The fourth-order valence-corrected chi connectivity index (χ4v) is 6.12. The number of hydrogen-bond donors (Lipinski definition) is 0. The van der Waals surface area contributed by atoms with Crippen LogP contribution in [-0.4, -0.2) is 0 Å². The first-order valence-corrected chi connectivity index (χ1v) is 7.59. The van der Waals surface area contributed by atoms with Gasteiger partial charge in [-0.2, -0.15) is 5.26 Å². The third-order valence-corrected chi connectivity index (χ3v) is 6.51. The molecule has 0 atom stereocenters. The summed E-state index contributed by atoms with van der Waals surface area (Å²) in [5.41, 5.74) is 0.481. The smallest absolute Gasteiger partial charge is 0.110 e. The molecule has 0 unspecified atom stereocenters. The van der Waals surface area contributed by atoms with Gasteiger partial charge in [-0.15, -0.1) is 11.3 Å². The van der Waals surface area contributed by atoms with Crippen LogP contribution in [0.25, 0.3) is 0 Å². The van der Waals surface area contributed by atoms with Gasteiger partial charge in [0.1, 0.15) is 10.9 Å². The molecule has 2 heteroatoms. The minimum atomic E-state index is 0.481. The zero-order valence-electron chi connectivity index (χ0n) is 9.98. The molecule has 4 saturated carbocycles. The van der Waals surface area contributed by atoms with Crippen molar-refractivity contribution in [3.8, 4) is 6.07 Å². The summed E-state index contributed by atoms with van der Waals surface area (Å²) in [5, 5.41) is 8.99. The molecule has 0 N–H and O–H groups in total. The average Bonchev–Trinajstić information content (AvgIpc) is 2.76. The summed E-state index contributed by atoms with van der Waals surface area (Å²) >= 11 is 1.76. The monoisotopic (exact) mass is 243 g/mol. The maximum Gasteiger partial charge on any atom is 0.110 e. The van der Waals surface area contributed by atoms with Crippen LogP contribution in [0.4, 0.5) is 0 Å². The van der Waals surface area contributed by atoms with Crippen LogP contribution < -0.4 is 0 Å². The van der Waals surface area contributed by atoms with E-state index in [1.54, 1.807) is 11.3 Å². The van der Waals surface area contributed by atoms with Gasteiger partial charge in [-0.1, -0.05) is 0 Å². The van der Waals surface area contributed by atoms with E-state index in [1.807, 2.05) is 6.07 Å². The maximum absolute atomic E-state index is 8.99. The topological polar surface area (TPSA) is 23.8 Å². The molecule has 17 heavy (non-hydrogen) atoms. The molecule has 4 fully saturated rings. The van der Waals surface area contributed by atoms with Crippen molar-refractivity contribution in [2.45, 2.75) is 43.9 Å². The van der Waals surface area contributed by atoms with E-state index in [0.29, 0.717) is 5.41 Å². The predicted octanol–water partition coefficient (Wildman–Crippen LogP) is 4.09. The first-order valence-electron chi connectivity index (χ1n) is 6.78. The Balaban J connectivity index is 1.75. The van der Waals surface area contributed by atoms with E-state index in [2.05, 4.69) is 12.1 Å². The Labute approximate surface area is 106 Å². The molecule has 5 rings (SSSR count). The van der Waals surface area contributed by atoms with E-state index in [9.17, 15) is 0 Å². The molecule has 0 saturated heterocycles. The summed E-state index contributed by atoms with van der Waals surface area (Å²) in [4.78, 5) is 2.42. The molecule has 4 aliphatic carbocycles. The number of nitrogens with zero attached hydrogens (tertiary/aromatic N) is 1. The number of rotatable bonds is 1. The SMILES string of the molecule is N#Cc1ccc(C23CC4CC(CC(C4)C2)C3)s1. The minimum Gasteiger partial charge on any atom is -0.192 e. The van der Waals surface area contributed by atoms with Gasteiger partial charge in [-0.25, -0.2) is 0 Å². The Morgan fingerprint density at radius 2 is 1.65 bits per heavy atom. The highest BCUT2D eigenvalue weighted by molar-refractivity contribution is 7.12. The summed E-state index contributed by atoms with van der Waals surface area (Å²) in [6.45, 7) is 0. The third-order valence-electron chi connectivity index (χ3n) is 5.28. The second-order valence-electron chi connectivity index (χ2n) is 6.47. The molecule has 0 amide bonds. The van der Waals surface area contributed by atoms with Crippen LogP contribution in [0.3, 0.4) is 0 Å². The Bertz CT molecular complexity index is 458. The molecule has 4 aliphatic rings. The van der Waals surface area contributed by atoms with Gasteiger partial charge in [0.05, 0.1) is 0 Å². The summed E-state index contributed by atoms with van der Waals surface area (Å²) in [6.07, 6.45) is 8.71. The highest BCUT2D eigenvalue weighted by Crippen LogP contribution is 2.61. The zero-order valence-corrected chi connectivity index (χ0v) is 10.8. The molecular weight excluding hydrogens is 226 g/mol. The van der Waals surface area contributed by atoms with E-state index in [4.69, 9.17) is 5.26 Å². The number of nitriles is 1. The largest absolute Gasteiger partial charge is 0.192 e. The van der Waals surface area contributed by atoms with Crippen molar-refractivity contribution in [2.24, 2.45) is 17.8 Å². The zero-order chi connectivity index (χ0) is 11.5. The summed E-state index contributed by atoms with van der Waals surface area (Å²) in [7, 11) is 0. The normalized spacial score (nSPS) is 42.6. The van der Waals surface area contributed by atoms with Crippen LogP contribution in [0.5, 0.6) is 0 Å². The maximum atomic E-state index is 8.99. The fraction of sp³-hybridized carbons (Fsp3) is 0.667. The fourth-order valence-electron chi connectivity index (χ4n) is 5.10. The Morgan fingerprint density at radius 1 is 1.06 bits per heavy atom. The lowest BCUT2D eigenvalue weighted by atomic mass is 9.49. The van der Waals surface area contributed by atoms with Gasteiger partial charge in [0.15, 0.2) is 0 Å². The Kier molecular flexibility index (Phi) is 2.00. The summed E-state index contributed by atoms with van der Waals surface area (Å²) in [5.74, 6) is 2.98. The highest BCUT2D eigenvalue weighted by atomic mass is 32.1. The lowest BCUT2D eigenvalue weighted by molar-refractivity contribution is -0.00346. The standard InChI is InChI=1S/C15H17NS/c16-9-13-1-2-14(17-13)15-6-10-3-11(7-15)5-12(4-10)8-15/h1-2,10-12H,3-8H2. The van der Waals surface area contributed by atoms with Gasteiger partial charge >= 0.3 is 0 Å². The van der Waals surface area contributed by atoms with Crippen LogP contribution in [0, 0.1) is 29.1 Å². The lowest BCUT2D eigenvalue weighted by Gasteiger charge is -2.56. The molecule has 0 spiro atoms. The van der Waals surface area contributed by atoms with Crippen LogP contribution >= 0.6 is 11.3 Å². The molecule has 1 aromatic rings. The second-order valence-corrected chi connectivity index (χ2v) is 7.56. The van der Waals surface area contributed by atoms with Crippen LogP contribution in [0.2, 0.25) is 0 Å². The Hall–Kier alpha value is -0.810. The molecule has 0 radical (unpaired) electrons. The van der Waals surface area contributed by atoms with E-state index >= 15 is 0 Å². The second kappa shape index (κ2) is 3.36. The first-order chi connectivity index (χ1) is 8.27. The van der Waals surface area contributed by atoms with Crippen LogP contribution in [-0.2, 0) is 5.41 Å². The molecule has 1 heterocycles. The van der Waals surface area contributed by atoms with E-state index < -0.39 is 0 Å². The quantitative estimate of drug-likeness (QED) is 0.729. The molecule has 1 aromatic heterocycles. The molecule has 88 valence electrons. The van der Waals surface area contributed by atoms with Crippen molar-refractivity contribution < 1.29 is 0 Å². The van der Waals surface area contributed by atoms with Gasteiger partial charge in [-0.3, -0.25) is 0 Å². The van der Waals surface area contributed by atoms with Crippen LogP contribution in [0.1, 0.15) is 48.3 Å². The lowest BCUT2D eigenvalue weighted by Crippen LogP contribution is -2.48. The minimum absolute atomic E-state index is 0.481. The molecular formula is C15H17NS. The third kappa shape index (κ3) is 1.42. The van der Waals surface area contributed by atoms with Crippen molar-refractivity contribution in [1.29, 1.82) is 5.26 Å². The van der Waals surface area contributed by atoms with Crippen LogP contribution in [0.15, 0.2) is 12.1 Å². The van der Waals surface area contributed by atoms with Crippen molar-refractivity contribution >= 4 is 11.3 Å². The number of hydrogen-bond acceptors (Lipinski definition) is 2. The number of thiophene rings is 1. The molecule has 1 nitrogen and oxygen atoms in total. The van der Waals surface area contributed by atoms with Gasteiger partial charge in [0, 0.05) is 10.3 Å². The van der Waals surface area contributed by atoms with Crippen molar-refractivity contribution in [1.82, 2.24) is 0 Å². The molecule has 0 aliphatic heterocycles. The van der Waals surface area contributed by atoms with E-state index in [-0.39, 0.29) is 0 Å². The average molecular weight is 243 g/mol. The van der Waals surface area contributed by atoms with Crippen molar-refractivity contribution in [3.05, 3.63) is 21.9 Å². The van der Waals surface area contributed by atoms with Gasteiger partial charge < -0.3 is 0 Å². The van der Waals surface area contributed by atoms with Gasteiger partial charge in [-0.05, 0) is 68.4 Å². The van der Waals surface area contributed by atoms with Gasteiger partial charge in [0.25, 0.3) is 0 Å². The predicted molar refractivity (Wildman–Crippen MR) is 68.9 cm³/mol. The van der Waals surface area contributed by atoms with E-state index in [0.717, 1.165) is 22.6 Å². The molecule has 4 bridgehead atoms. The van der Waals surface area contributed by atoms with E-state index in [1.165, 1.54) is 43.4 Å². The molecule has 0 aromatic carbocycles. The first kappa shape index (κ1) is 10.1. The summed E-state index contributed by atoms with van der Waals surface area (Å²) in [6, 6.07) is 6.57. The van der Waals surface area contributed by atoms with Crippen molar-refractivity contribution in [3.63, 3.8) is 0 Å². The van der Waals surface area contributed by atoms with Gasteiger partial charge in [0.2, 0.25) is 0 Å². The highest BCUT2D eigenvalue weighted by Gasteiger charge is 2.52. The summed E-state index contributed by atoms with van der Waals surface area (Å²) < 4.78 is 0.